The second-order valence-electron chi connectivity index (χ2n) is 5.59. The van der Waals surface area contributed by atoms with Crippen LogP contribution in [0.2, 0.25) is 0 Å². The van der Waals surface area contributed by atoms with Crippen LogP contribution >= 0.6 is 0 Å². The van der Waals surface area contributed by atoms with Gasteiger partial charge in [-0.25, -0.2) is 0 Å². The predicted molar refractivity (Wildman–Crippen MR) is 62.3 cm³/mol. The summed E-state index contributed by atoms with van der Waals surface area (Å²) in [5.74, 6) is -0.872. The lowest BCUT2D eigenvalue weighted by molar-refractivity contribution is -0.223. The first-order valence-electron chi connectivity index (χ1n) is 6.53. The number of rotatable bonds is 1. The molecule has 2 saturated heterocycles. The van der Waals surface area contributed by atoms with Crippen molar-refractivity contribution in [3.05, 3.63) is 0 Å². The third-order valence-corrected chi connectivity index (χ3v) is 4.31. The molecule has 4 nitrogen and oxygen atoms in total. The summed E-state index contributed by atoms with van der Waals surface area (Å²) < 4.78 is 39.7. The van der Waals surface area contributed by atoms with Crippen molar-refractivity contribution in [3.63, 3.8) is 0 Å². The number of nitrogens with zero attached hydrogens (tertiary/aromatic N) is 1. The molecule has 3 atom stereocenters. The van der Waals surface area contributed by atoms with Crippen LogP contribution in [0, 0.1) is 11.3 Å². The zero-order chi connectivity index (χ0) is 14.3. The number of aliphatic hydroxyl groups excluding tert-OH is 1. The van der Waals surface area contributed by atoms with Crippen molar-refractivity contribution in [2.45, 2.75) is 32.0 Å². The van der Waals surface area contributed by atoms with Crippen LogP contribution in [-0.2, 0) is 4.79 Å². The first kappa shape index (κ1) is 14.6. The minimum absolute atomic E-state index is 0.00215. The number of carbonyl (C=O) groups is 1. The molecule has 2 aliphatic rings. The molecule has 0 aromatic carbocycles. The summed E-state index contributed by atoms with van der Waals surface area (Å²) in [4.78, 5) is 13.4. The number of hydrogen-bond donors (Lipinski definition) is 2. The van der Waals surface area contributed by atoms with Crippen LogP contribution in [0.5, 0.6) is 0 Å². The fourth-order valence-corrected chi connectivity index (χ4v) is 2.77. The van der Waals surface area contributed by atoms with E-state index in [9.17, 15) is 23.1 Å². The van der Waals surface area contributed by atoms with Gasteiger partial charge in [0.2, 0.25) is 5.91 Å². The van der Waals surface area contributed by atoms with Crippen molar-refractivity contribution in [2.75, 3.05) is 26.2 Å². The number of likely N-dealkylation sites (tertiary alicyclic amines) is 1. The number of piperidine rings is 1. The van der Waals surface area contributed by atoms with Crippen molar-refractivity contribution >= 4 is 5.91 Å². The average Bonchev–Trinajstić information content (AvgIpc) is 2.81. The number of carbonyl (C=O) groups excluding carboxylic acids is 1. The van der Waals surface area contributed by atoms with Crippen LogP contribution in [0.3, 0.4) is 0 Å². The maximum absolute atomic E-state index is 13.2. The van der Waals surface area contributed by atoms with Gasteiger partial charge in [-0.3, -0.25) is 4.79 Å². The Morgan fingerprint density at radius 1 is 1.47 bits per heavy atom. The summed E-state index contributed by atoms with van der Waals surface area (Å²) in [5.41, 5.74) is -2.31. The summed E-state index contributed by atoms with van der Waals surface area (Å²) in [6, 6.07) is 0. The first-order valence-corrected chi connectivity index (χ1v) is 6.53. The third-order valence-electron chi connectivity index (χ3n) is 4.31. The second kappa shape index (κ2) is 4.94. The van der Waals surface area contributed by atoms with Gasteiger partial charge in [-0.1, -0.05) is 6.92 Å². The normalized spacial score (nSPS) is 36.6. The molecule has 2 heterocycles. The molecule has 0 radical (unpaired) electrons. The number of hydrogen-bond acceptors (Lipinski definition) is 3. The van der Waals surface area contributed by atoms with Crippen LogP contribution in [0.1, 0.15) is 19.8 Å². The summed E-state index contributed by atoms with van der Waals surface area (Å²) in [7, 11) is 0. The molecule has 2 N–H and O–H groups in total. The lowest BCUT2D eigenvalue weighted by atomic mass is 9.83. The number of amides is 1. The maximum Gasteiger partial charge on any atom is 0.404 e. The molecule has 0 aromatic rings. The van der Waals surface area contributed by atoms with E-state index < -0.39 is 23.6 Å². The minimum atomic E-state index is -4.55. The van der Waals surface area contributed by atoms with Gasteiger partial charge in [0, 0.05) is 19.6 Å². The van der Waals surface area contributed by atoms with E-state index in [4.69, 9.17) is 0 Å². The van der Waals surface area contributed by atoms with Gasteiger partial charge in [0.1, 0.15) is 0 Å². The molecule has 1 amide bonds. The van der Waals surface area contributed by atoms with E-state index in [1.807, 2.05) is 6.92 Å². The number of aliphatic hydroxyl groups is 1. The van der Waals surface area contributed by atoms with Crippen LogP contribution in [-0.4, -0.2) is 54.4 Å². The first-order chi connectivity index (χ1) is 8.78. The summed E-state index contributed by atoms with van der Waals surface area (Å²) in [6.07, 6.45) is -4.98. The van der Waals surface area contributed by atoms with Gasteiger partial charge in [0.15, 0.2) is 5.41 Å². The number of alkyl halides is 3. The minimum Gasteiger partial charge on any atom is -0.391 e. The average molecular weight is 280 g/mol. The van der Waals surface area contributed by atoms with Crippen LogP contribution in [0.25, 0.3) is 0 Å². The number of nitrogens with one attached hydrogen (secondary N) is 1. The summed E-state index contributed by atoms with van der Waals surface area (Å²) in [5, 5.41) is 12.4. The maximum atomic E-state index is 13.2. The van der Waals surface area contributed by atoms with E-state index in [1.165, 1.54) is 4.90 Å². The van der Waals surface area contributed by atoms with Gasteiger partial charge in [-0.15, -0.1) is 0 Å². The zero-order valence-corrected chi connectivity index (χ0v) is 10.8. The molecular formula is C12H19F3N2O2. The van der Waals surface area contributed by atoms with E-state index in [0.29, 0.717) is 6.42 Å². The largest absolute Gasteiger partial charge is 0.404 e. The van der Waals surface area contributed by atoms with Crippen molar-refractivity contribution in [1.82, 2.24) is 10.2 Å². The van der Waals surface area contributed by atoms with Crippen molar-refractivity contribution in [3.8, 4) is 0 Å². The highest BCUT2D eigenvalue weighted by molar-refractivity contribution is 5.84. The molecular weight excluding hydrogens is 261 g/mol. The van der Waals surface area contributed by atoms with Gasteiger partial charge in [0.25, 0.3) is 0 Å². The molecule has 2 fully saturated rings. The highest BCUT2D eigenvalue weighted by Gasteiger charge is 2.62. The van der Waals surface area contributed by atoms with Crippen LogP contribution in [0.4, 0.5) is 13.2 Å². The third kappa shape index (κ3) is 2.45. The Kier molecular flexibility index (Phi) is 3.79. The smallest absolute Gasteiger partial charge is 0.391 e. The molecule has 110 valence electrons. The van der Waals surface area contributed by atoms with E-state index >= 15 is 0 Å². The van der Waals surface area contributed by atoms with E-state index in [-0.39, 0.29) is 38.5 Å². The molecule has 0 aromatic heterocycles. The Bertz CT molecular complexity index is 353. The molecule has 2 aliphatic heterocycles. The zero-order valence-electron chi connectivity index (χ0n) is 10.8. The Labute approximate surface area is 110 Å². The highest BCUT2D eigenvalue weighted by Crippen LogP contribution is 2.44. The molecule has 19 heavy (non-hydrogen) atoms. The summed E-state index contributed by atoms with van der Waals surface area (Å²) in [6.45, 7) is 1.95. The Balaban J connectivity index is 2.17. The van der Waals surface area contributed by atoms with Crippen LogP contribution < -0.4 is 5.32 Å². The van der Waals surface area contributed by atoms with Crippen molar-refractivity contribution in [1.29, 1.82) is 0 Å². The molecule has 0 bridgehead atoms. The van der Waals surface area contributed by atoms with Gasteiger partial charge in [-0.05, 0) is 25.3 Å². The Hall–Kier alpha value is -0.820. The van der Waals surface area contributed by atoms with E-state index in [0.717, 1.165) is 0 Å². The van der Waals surface area contributed by atoms with Crippen molar-refractivity contribution in [2.24, 2.45) is 11.3 Å². The molecule has 7 heteroatoms. The molecule has 0 saturated carbocycles. The summed E-state index contributed by atoms with van der Waals surface area (Å²) >= 11 is 0. The SMILES string of the molecule is CC1CCN(C(=O)C2(C(F)(F)F)CCNC2)CC1O. The standard InChI is InChI=1S/C12H19F3N2O2/c1-8-2-5-17(6-9(8)18)10(19)11(12(13,14)15)3-4-16-7-11/h8-9,16,18H,2-7H2,1H3. The Morgan fingerprint density at radius 2 is 2.16 bits per heavy atom. The van der Waals surface area contributed by atoms with E-state index in [2.05, 4.69) is 5.32 Å². The molecule has 0 spiro atoms. The predicted octanol–water partition coefficient (Wildman–Crippen LogP) is 0.758. The fraction of sp³-hybridized carbons (Fsp3) is 0.917. The van der Waals surface area contributed by atoms with Gasteiger partial charge in [-0.2, -0.15) is 13.2 Å². The lowest BCUT2D eigenvalue weighted by Crippen LogP contribution is -2.57. The second-order valence-corrected chi connectivity index (χ2v) is 5.59. The van der Waals surface area contributed by atoms with Crippen molar-refractivity contribution < 1.29 is 23.1 Å². The molecule has 3 unspecified atom stereocenters. The molecule has 0 aliphatic carbocycles. The quantitative estimate of drug-likeness (QED) is 0.745. The van der Waals surface area contributed by atoms with Gasteiger partial charge >= 0.3 is 6.18 Å². The highest BCUT2D eigenvalue weighted by atomic mass is 19.4. The van der Waals surface area contributed by atoms with Crippen LogP contribution in [0.15, 0.2) is 0 Å². The lowest BCUT2D eigenvalue weighted by Gasteiger charge is -2.40. The fourth-order valence-electron chi connectivity index (χ4n) is 2.77. The van der Waals surface area contributed by atoms with Gasteiger partial charge in [0.05, 0.1) is 6.10 Å². The molecule has 2 rings (SSSR count). The van der Waals surface area contributed by atoms with Gasteiger partial charge < -0.3 is 15.3 Å². The topological polar surface area (TPSA) is 52.6 Å². The number of β-amino-alcohol motifs (C(OH)–C–C–N with tert-alkyl or cyclic N) is 1. The monoisotopic (exact) mass is 280 g/mol. The van der Waals surface area contributed by atoms with E-state index in [1.54, 1.807) is 0 Å². The Morgan fingerprint density at radius 3 is 2.63 bits per heavy atom. The number of halogens is 3.